The van der Waals surface area contributed by atoms with Gasteiger partial charge in [0.1, 0.15) is 6.10 Å². The molecule has 0 aromatic carbocycles. The zero-order chi connectivity index (χ0) is 13.8. The Morgan fingerprint density at radius 1 is 1.40 bits per heavy atom. The Hall–Kier alpha value is -0.250. The smallest absolute Gasteiger partial charge is 0.309 e. The van der Waals surface area contributed by atoms with Crippen LogP contribution in [-0.2, 0) is 9.53 Å². The molecule has 20 heavy (non-hydrogen) atoms. The van der Waals surface area contributed by atoms with Crippen molar-refractivity contribution in [2.75, 3.05) is 0 Å². The number of carbonyl (C=O) groups excluding carboxylic acids is 1. The molecular formula is C15H25Cl2NO2. The van der Waals surface area contributed by atoms with Crippen LogP contribution in [0.1, 0.15) is 51.4 Å². The van der Waals surface area contributed by atoms with Crippen molar-refractivity contribution < 1.29 is 9.53 Å². The van der Waals surface area contributed by atoms with Crippen molar-refractivity contribution in [2.24, 2.45) is 17.6 Å². The van der Waals surface area contributed by atoms with Gasteiger partial charge in [0.15, 0.2) is 0 Å². The van der Waals surface area contributed by atoms with Crippen molar-refractivity contribution in [3.63, 3.8) is 0 Å². The molecule has 2 N–H and O–H groups in total. The third-order valence-corrected chi connectivity index (χ3v) is 4.55. The van der Waals surface area contributed by atoms with Gasteiger partial charge < -0.3 is 10.5 Å². The highest BCUT2D eigenvalue weighted by Gasteiger charge is 2.38. The monoisotopic (exact) mass is 321 g/mol. The number of halogens is 2. The lowest BCUT2D eigenvalue weighted by molar-refractivity contribution is -0.145. The Kier molecular flexibility index (Phi) is 7.35. The molecule has 2 rings (SSSR count). The minimum absolute atomic E-state index is 0. The van der Waals surface area contributed by atoms with Crippen molar-refractivity contribution in [2.45, 2.75) is 63.5 Å². The van der Waals surface area contributed by atoms with Gasteiger partial charge >= 0.3 is 5.97 Å². The molecule has 1 aliphatic carbocycles. The largest absolute Gasteiger partial charge is 0.460 e. The van der Waals surface area contributed by atoms with Crippen molar-refractivity contribution >= 4 is 30.0 Å². The molecule has 0 amide bonds. The van der Waals surface area contributed by atoms with Gasteiger partial charge in [0.05, 0.1) is 5.92 Å². The van der Waals surface area contributed by atoms with Crippen LogP contribution in [0.25, 0.3) is 0 Å². The first-order valence-electron chi connectivity index (χ1n) is 7.35. The molecule has 1 heterocycles. The van der Waals surface area contributed by atoms with Crippen molar-refractivity contribution in [1.82, 2.24) is 0 Å². The van der Waals surface area contributed by atoms with Crippen LogP contribution in [-0.4, -0.2) is 18.1 Å². The van der Waals surface area contributed by atoms with Crippen LogP contribution >= 0.6 is 24.0 Å². The predicted octanol–water partition coefficient (Wildman–Crippen LogP) is 3.78. The molecule has 0 radical (unpaired) electrons. The van der Waals surface area contributed by atoms with Gasteiger partial charge in [0, 0.05) is 11.1 Å². The first kappa shape index (κ1) is 17.8. The van der Waals surface area contributed by atoms with Crippen LogP contribution in [0.3, 0.4) is 0 Å². The van der Waals surface area contributed by atoms with Gasteiger partial charge in [-0.2, -0.15) is 0 Å². The van der Waals surface area contributed by atoms with Gasteiger partial charge in [-0.25, -0.2) is 0 Å². The number of nitrogens with two attached hydrogens (primary N) is 1. The SMILES string of the molecule is C=C(Cl)CC1C[C@@H](C(N)CC2CCCCC2)OC1=O.Cl. The van der Waals surface area contributed by atoms with E-state index >= 15 is 0 Å². The van der Waals surface area contributed by atoms with E-state index in [1.807, 2.05) is 0 Å². The summed E-state index contributed by atoms with van der Waals surface area (Å²) in [5.74, 6) is 0.405. The van der Waals surface area contributed by atoms with Gasteiger partial charge in [-0.15, -0.1) is 12.4 Å². The maximum absolute atomic E-state index is 11.7. The average molecular weight is 322 g/mol. The summed E-state index contributed by atoms with van der Waals surface area (Å²) < 4.78 is 5.41. The number of esters is 1. The van der Waals surface area contributed by atoms with Gasteiger partial charge in [0.25, 0.3) is 0 Å². The standard InChI is InChI=1S/C15H24ClNO2.ClH/c1-10(16)7-12-9-14(19-15(12)18)13(17)8-11-5-3-2-4-6-11;/h11-14H,1-9,17H2;1H/t12?,13?,14-;/m0./s1. The number of hydrogen-bond acceptors (Lipinski definition) is 3. The fourth-order valence-electron chi connectivity index (χ4n) is 3.33. The number of ether oxygens (including phenoxy) is 1. The Morgan fingerprint density at radius 2 is 2.05 bits per heavy atom. The van der Waals surface area contributed by atoms with E-state index in [4.69, 9.17) is 22.1 Å². The first-order valence-corrected chi connectivity index (χ1v) is 7.73. The summed E-state index contributed by atoms with van der Waals surface area (Å²) in [5.41, 5.74) is 6.23. The molecule has 3 nitrogen and oxygen atoms in total. The van der Waals surface area contributed by atoms with E-state index in [0.29, 0.717) is 23.8 Å². The van der Waals surface area contributed by atoms with E-state index in [2.05, 4.69) is 6.58 Å². The number of hydrogen-bond donors (Lipinski definition) is 1. The second kappa shape index (κ2) is 8.26. The molecule has 0 spiro atoms. The summed E-state index contributed by atoms with van der Waals surface area (Å²) in [4.78, 5) is 11.7. The average Bonchev–Trinajstić information content (AvgIpc) is 2.71. The summed E-state index contributed by atoms with van der Waals surface area (Å²) >= 11 is 5.77. The van der Waals surface area contributed by atoms with Crippen molar-refractivity contribution in [1.29, 1.82) is 0 Å². The molecule has 2 fully saturated rings. The Balaban J connectivity index is 0.00000200. The molecule has 116 valence electrons. The highest BCUT2D eigenvalue weighted by molar-refractivity contribution is 6.29. The molecule has 1 saturated heterocycles. The molecule has 1 saturated carbocycles. The lowest BCUT2D eigenvalue weighted by Crippen LogP contribution is -2.36. The van der Waals surface area contributed by atoms with Crippen LogP contribution in [0.2, 0.25) is 0 Å². The lowest BCUT2D eigenvalue weighted by atomic mass is 9.83. The van der Waals surface area contributed by atoms with Crippen molar-refractivity contribution in [3.05, 3.63) is 11.6 Å². The van der Waals surface area contributed by atoms with Crippen LogP contribution in [0, 0.1) is 11.8 Å². The summed E-state index contributed by atoms with van der Waals surface area (Å²) in [7, 11) is 0. The molecular weight excluding hydrogens is 297 g/mol. The van der Waals surface area contributed by atoms with Gasteiger partial charge in [-0.05, 0) is 25.2 Å². The van der Waals surface area contributed by atoms with Crippen molar-refractivity contribution in [3.8, 4) is 0 Å². The molecule has 2 unspecified atom stereocenters. The molecule has 0 aromatic heterocycles. The maximum Gasteiger partial charge on any atom is 0.309 e. The van der Waals surface area contributed by atoms with Gasteiger partial charge in [-0.1, -0.05) is 50.3 Å². The number of allylic oxidation sites excluding steroid dienone is 1. The minimum Gasteiger partial charge on any atom is -0.460 e. The van der Waals surface area contributed by atoms with Crippen LogP contribution < -0.4 is 5.73 Å². The van der Waals surface area contributed by atoms with Gasteiger partial charge in [-0.3, -0.25) is 4.79 Å². The quantitative estimate of drug-likeness (QED) is 0.784. The van der Waals surface area contributed by atoms with E-state index < -0.39 is 0 Å². The number of rotatable bonds is 5. The van der Waals surface area contributed by atoms with Crippen LogP contribution in [0.4, 0.5) is 0 Å². The summed E-state index contributed by atoms with van der Waals surface area (Å²) in [6, 6.07) is -0.0272. The minimum atomic E-state index is -0.161. The lowest BCUT2D eigenvalue weighted by Gasteiger charge is -2.26. The Labute approximate surface area is 132 Å². The van der Waals surface area contributed by atoms with E-state index in [0.717, 1.165) is 6.42 Å². The molecule has 0 aromatic rings. The fourth-order valence-corrected chi connectivity index (χ4v) is 3.51. The molecule has 3 atom stereocenters. The molecule has 0 bridgehead atoms. The third-order valence-electron chi connectivity index (χ3n) is 4.39. The number of cyclic esters (lactones) is 1. The summed E-state index contributed by atoms with van der Waals surface area (Å²) in [6.07, 6.45) is 8.58. The highest BCUT2D eigenvalue weighted by atomic mass is 35.5. The van der Waals surface area contributed by atoms with Crippen LogP contribution in [0.15, 0.2) is 11.6 Å². The third kappa shape index (κ3) is 4.94. The summed E-state index contributed by atoms with van der Waals surface area (Å²) in [6.45, 7) is 3.64. The van der Waals surface area contributed by atoms with E-state index in [9.17, 15) is 4.79 Å². The number of carbonyl (C=O) groups is 1. The van der Waals surface area contributed by atoms with Crippen LogP contribution in [0.5, 0.6) is 0 Å². The first-order chi connectivity index (χ1) is 9.06. The second-order valence-corrected chi connectivity index (χ2v) is 6.57. The van der Waals surface area contributed by atoms with E-state index in [-0.39, 0.29) is 36.4 Å². The molecule has 1 aliphatic heterocycles. The van der Waals surface area contributed by atoms with E-state index in [1.54, 1.807) is 0 Å². The van der Waals surface area contributed by atoms with E-state index in [1.165, 1.54) is 32.1 Å². The normalized spacial score (nSPS) is 28.6. The van der Waals surface area contributed by atoms with Gasteiger partial charge in [0.2, 0.25) is 0 Å². The zero-order valence-corrected chi connectivity index (χ0v) is 13.4. The highest BCUT2D eigenvalue weighted by Crippen LogP contribution is 2.33. The second-order valence-electron chi connectivity index (χ2n) is 6.03. The summed E-state index contributed by atoms with van der Waals surface area (Å²) in [5, 5.41) is 0.517. The molecule has 2 aliphatic rings. The molecule has 5 heteroatoms. The fraction of sp³-hybridized carbons (Fsp3) is 0.800. The zero-order valence-electron chi connectivity index (χ0n) is 11.9. The Bertz CT molecular complexity index is 343. The predicted molar refractivity (Wildman–Crippen MR) is 84.0 cm³/mol. The Morgan fingerprint density at radius 3 is 2.65 bits per heavy atom. The maximum atomic E-state index is 11.7. The topological polar surface area (TPSA) is 52.3 Å².